The molecule has 2 aromatic rings. The number of aryl methyl sites for hydroxylation is 1. The molecule has 2 N–H and O–H groups in total. The van der Waals surface area contributed by atoms with E-state index in [4.69, 9.17) is 5.73 Å². The number of aromatic nitrogens is 1. The van der Waals surface area contributed by atoms with E-state index in [0.29, 0.717) is 5.69 Å². The van der Waals surface area contributed by atoms with Crippen molar-refractivity contribution in [1.82, 2.24) is 0 Å². The van der Waals surface area contributed by atoms with Crippen LogP contribution in [0.15, 0.2) is 36.5 Å². The Morgan fingerprint density at radius 1 is 1.06 bits per heavy atom. The van der Waals surface area contributed by atoms with Gasteiger partial charge in [-0.1, -0.05) is 12.1 Å². The minimum absolute atomic E-state index is 0.713. The number of hydrogen-bond donors (Lipinski definition) is 1. The van der Waals surface area contributed by atoms with Crippen LogP contribution in [0.4, 0.5) is 5.69 Å². The van der Waals surface area contributed by atoms with Crippen molar-refractivity contribution in [3.63, 3.8) is 0 Å². The monoisotopic (exact) mass is 214 g/mol. The maximum Gasteiger partial charge on any atom is 0.197 e. The standard InChI is InChI=1S/C13H14N2O/c1-9-7-8-15(16)10(2)13(9)11-3-5-12(14)6-4-11/h3-8H,14H2,1-2H3. The van der Waals surface area contributed by atoms with Crippen molar-refractivity contribution in [2.24, 2.45) is 0 Å². The first kappa shape index (κ1) is 10.5. The summed E-state index contributed by atoms with van der Waals surface area (Å²) in [7, 11) is 0. The molecule has 3 heteroatoms. The van der Waals surface area contributed by atoms with Gasteiger partial charge in [0.1, 0.15) is 0 Å². The van der Waals surface area contributed by atoms with E-state index < -0.39 is 0 Å². The highest BCUT2D eigenvalue weighted by atomic mass is 16.5. The predicted octanol–water partition coefficient (Wildman–Crippen LogP) is 2.19. The predicted molar refractivity (Wildman–Crippen MR) is 64.7 cm³/mol. The average molecular weight is 214 g/mol. The van der Waals surface area contributed by atoms with E-state index in [9.17, 15) is 5.21 Å². The van der Waals surface area contributed by atoms with Crippen molar-refractivity contribution < 1.29 is 4.73 Å². The first-order valence-corrected chi connectivity index (χ1v) is 5.15. The maximum absolute atomic E-state index is 11.5. The zero-order chi connectivity index (χ0) is 11.7. The van der Waals surface area contributed by atoms with Crippen LogP contribution in [0.1, 0.15) is 11.3 Å². The minimum Gasteiger partial charge on any atom is -0.618 e. The number of anilines is 1. The molecule has 0 aliphatic carbocycles. The molecule has 0 aliphatic heterocycles. The Labute approximate surface area is 94.7 Å². The van der Waals surface area contributed by atoms with E-state index in [1.165, 1.54) is 6.20 Å². The van der Waals surface area contributed by atoms with E-state index in [-0.39, 0.29) is 0 Å². The van der Waals surface area contributed by atoms with Gasteiger partial charge in [-0.05, 0) is 30.2 Å². The Kier molecular flexibility index (Phi) is 2.52. The molecular weight excluding hydrogens is 200 g/mol. The Bertz CT molecular complexity index is 518. The van der Waals surface area contributed by atoms with Gasteiger partial charge < -0.3 is 10.9 Å². The van der Waals surface area contributed by atoms with Crippen LogP contribution in [0, 0.1) is 19.1 Å². The number of benzene rings is 1. The van der Waals surface area contributed by atoms with Crippen molar-refractivity contribution in [2.75, 3.05) is 5.73 Å². The summed E-state index contributed by atoms with van der Waals surface area (Å²) in [6, 6.07) is 9.38. The van der Waals surface area contributed by atoms with Crippen molar-refractivity contribution >= 4 is 5.69 Å². The van der Waals surface area contributed by atoms with E-state index >= 15 is 0 Å². The summed E-state index contributed by atoms with van der Waals surface area (Å²) in [6.07, 6.45) is 1.53. The lowest BCUT2D eigenvalue weighted by Gasteiger charge is -2.10. The Morgan fingerprint density at radius 2 is 1.69 bits per heavy atom. The van der Waals surface area contributed by atoms with Crippen LogP contribution >= 0.6 is 0 Å². The normalized spacial score (nSPS) is 10.4. The fourth-order valence-electron chi connectivity index (χ4n) is 1.86. The van der Waals surface area contributed by atoms with Gasteiger partial charge in [0, 0.05) is 18.7 Å². The second-order valence-corrected chi connectivity index (χ2v) is 3.91. The van der Waals surface area contributed by atoms with Crippen LogP contribution in [0.5, 0.6) is 0 Å². The lowest BCUT2D eigenvalue weighted by Crippen LogP contribution is -2.30. The van der Waals surface area contributed by atoms with Gasteiger partial charge in [-0.3, -0.25) is 0 Å². The minimum atomic E-state index is 0.713. The van der Waals surface area contributed by atoms with Crippen LogP contribution in [-0.2, 0) is 0 Å². The topological polar surface area (TPSA) is 53.0 Å². The Balaban J connectivity index is 2.63. The quantitative estimate of drug-likeness (QED) is 0.449. The Morgan fingerprint density at radius 3 is 2.31 bits per heavy atom. The molecule has 16 heavy (non-hydrogen) atoms. The van der Waals surface area contributed by atoms with E-state index in [1.807, 2.05) is 44.2 Å². The molecular formula is C13H14N2O. The highest BCUT2D eigenvalue weighted by molar-refractivity contribution is 5.69. The van der Waals surface area contributed by atoms with Gasteiger partial charge in [0.15, 0.2) is 11.9 Å². The van der Waals surface area contributed by atoms with Crippen LogP contribution in [0.25, 0.3) is 11.1 Å². The summed E-state index contributed by atoms with van der Waals surface area (Å²) < 4.78 is 0.888. The molecule has 0 saturated heterocycles. The van der Waals surface area contributed by atoms with Gasteiger partial charge >= 0.3 is 0 Å². The molecule has 2 rings (SSSR count). The molecule has 0 aliphatic rings. The van der Waals surface area contributed by atoms with Gasteiger partial charge in [-0.25, -0.2) is 0 Å². The zero-order valence-corrected chi connectivity index (χ0v) is 9.40. The fourth-order valence-corrected chi connectivity index (χ4v) is 1.86. The summed E-state index contributed by atoms with van der Waals surface area (Å²) in [4.78, 5) is 0. The SMILES string of the molecule is Cc1cc[n+]([O-])c(C)c1-c1ccc(N)cc1. The first-order chi connectivity index (χ1) is 7.59. The molecule has 0 amide bonds. The van der Waals surface area contributed by atoms with Crippen LogP contribution in [0.2, 0.25) is 0 Å². The van der Waals surface area contributed by atoms with Gasteiger partial charge in [0.25, 0.3) is 0 Å². The third-order valence-electron chi connectivity index (χ3n) is 2.75. The van der Waals surface area contributed by atoms with Gasteiger partial charge in [0.05, 0.1) is 5.56 Å². The molecule has 0 atom stereocenters. The van der Waals surface area contributed by atoms with Gasteiger partial charge in [0.2, 0.25) is 0 Å². The highest BCUT2D eigenvalue weighted by Crippen LogP contribution is 2.25. The van der Waals surface area contributed by atoms with E-state index in [0.717, 1.165) is 27.1 Å². The maximum atomic E-state index is 11.5. The number of nitrogens with zero attached hydrogens (tertiary/aromatic N) is 1. The van der Waals surface area contributed by atoms with Crippen molar-refractivity contribution in [1.29, 1.82) is 0 Å². The molecule has 1 aromatic carbocycles. The van der Waals surface area contributed by atoms with E-state index in [1.54, 1.807) is 0 Å². The molecule has 82 valence electrons. The van der Waals surface area contributed by atoms with Crippen molar-refractivity contribution in [3.8, 4) is 11.1 Å². The first-order valence-electron chi connectivity index (χ1n) is 5.15. The summed E-state index contributed by atoms with van der Waals surface area (Å²) in [5.41, 5.74) is 10.2. The Hall–Kier alpha value is -2.03. The van der Waals surface area contributed by atoms with Gasteiger partial charge in [-0.15, -0.1) is 0 Å². The fraction of sp³-hybridized carbons (Fsp3) is 0.154. The van der Waals surface area contributed by atoms with Crippen molar-refractivity contribution in [2.45, 2.75) is 13.8 Å². The third kappa shape index (κ3) is 1.72. The molecule has 0 unspecified atom stereocenters. The van der Waals surface area contributed by atoms with Crippen LogP contribution in [0.3, 0.4) is 0 Å². The third-order valence-corrected chi connectivity index (χ3v) is 2.75. The van der Waals surface area contributed by atoms with Crippen LogP contribution < -0.4 is 10.5 Å². The molecule has 0 saturated carbocycles. The smallest absolute Gasteiger partial charge is 0.197 e. The number of hydrogen-bond acceptors (Lipinski definition) is 2. The number of nitrogen functional groups attached to an aromatic ring is 1. The number of nitrogens with two attached hydrogens (primary N) is 1. The molecule has 0 radical (unpaired) electrons. The summed E-state index contributed by atoms with van der Waals surface area (Å²) in [6.45, 7) is 3.82. The second-order valence-electron chi connectivity index (χ2n) is 3.91. The zero-order valence-electron chi connectivity index (χ0n) is 9.40. The largest absolute Gasteiger partial charge is 0.618 e. The highest BCUT2D eigenvalue weighted by Gasteiger charge is 2.12. The van der Waals surface area contributed by atoms with Crippen molar-refractivity contribution in [3.05, 3.63) is 53.0 Å². The summed E-state index contributed by atoms with van der Waals surface area (Å²) >= 11 is 0. The lowest BCUT2D eigenvalue weighted by molar-refractivity contribution is -0.611. The van der Waals surface area contributed by atoms with E-state index in [2.05, 4.69) is 0 Å². The average Bonchev–Trinajstić information content (AvgIpc) is 2.27. The molecule has 1 heterocycles. The number of rotatable bonds is 1. The van der Waals surface area contributed by atoms with Crippen LogP contribution in [-0.4, -0.2) is 0 Å². The molecule has 3 nitrogen and oxygen atoms in total. The number of pyridine rings is 1. The molecule has 0 bridgehead atoms. The summed E-state index contributed by atoms with van der Waals surface area (Å²) in [5, 5.41) is 11.5. The lowest BCUT2D eigenvalue weighted by atomic mass is 9.99. The summed E-state index contributed by atoms with van der Waals surface area (Å²) in [5.74, 6) is 0. The molecule has 0 spiro atoms. The van der Waals surface area contributed by atoms with Gasteiger partial charge in [-0.2, -0.15) is 4.73 Å². The molecule has 1 aromatic heterocycles. The molecule has 0 fully saturated rings. The second kappa shape index (κ2) is 3.85.